The van der Waals surface area contributed by atoms with Crippen LogP contribution in [0.1, 0.15) is 65.9 Å². The van der Waals surface area contributed by atoms with Gasteiger partial charge in [-0.05, 0) is 60.2 Å². The number of nitrogens with zero attached hydrogens (tertiary/aromatic N) is 1. The molecule has 2 heterocycles. The first kappa shape index (κ1) is 31.8. The van der Waals surface area contributed by atoms with Gasteiger partial charge in [0.25, 0.3) is 0 Å². The van der Waals surface area contributed by atoms with Gasteiger partial charge in [-0.2, -0.15) is 0 Å². The second-order valence-electron chi connectivity index (χ2n) is 10.9. The summed E-state index contributed by atoms with van der Waals surface area (Å²) >= 11 is 1.30. The van der Waals surface area contributed by atoms with Gasteiger partial charge in [0.15, 0.2) is 5.78 Å². The number of carbonyl (C=O) groups is 4. The summed E-state index contributed by atoms with van der Waals surface area (Å²) in [6.07, 6.45) is 2.22. The summed E-state index contributed by atoms with van der Waals surface area (Å²) in [6, 6.07) is 9.43. The van der Waals surface area contributed by atoms with Gasteiger partial charge in [0.1, 0.15) is 17.2 Å². The molecule has 0 aliphatic carbocycles. The minimum atomic E-state index is -1.00. The largest absolute Gasteiger partial charge is 0.497 e. The number of carbonyl (C=O) groups excluding carboxylic acids is 2. The van der Waals surface area contributed by atoms with E-state index in [2.05, 4.69) is 6.07 Å². The Kier molecular flexibility index (Phi) is 10.3. The van der Waals surface area contributed by atoms with Gasteiger partial charge in [-0.15, -0.1) is 11.3 Å². The Balaban J connectivity index is 1.36. The first-order chi connectivity index (χ1) is 20.5. The third-order valence-corrected chi connectivity index (χ3v) is 8.80. The molecule has 230 valence electrons. The number of ether oxygens (including phenoxy) is 3. The van der Waals surface area contributed by atoms with Crippen molar-refractivity contribution in [1.29, 1.82) is 0 Å². The lowest BCUT2D eigenvalue weighted by molar-refractivity contribution is -0.145. The Hall–Kier alpha value is -4.12. The van der Waals surface area contributed by atoms with Crippen molar-refractivity contribution >= 4 is 45.1 Å². The average molecular weight is 612 g/mol. The highest BCUT2D eigenvalue weighted by atomic mass is 32.1. The van der Waals surface area contributed by atoms with Crippen molar-refractivity contribution in [2.24, 2.45) is 11.8 Å². The van der Waals surface area contributed by atoms with E-state index in [1.54, 1.807) is 31.3 Å². The smallest absolute Gasteiger partial charge is 0.306 e. The van der Waals surface area contributed by atoms with Gasteiger partial charge >= 0.3 is 11.9 Å². The summed E-state index contributed by atoms with van der Waals surface area (Å²) in [7, 11) is 3.19. The number of aliphatic carboxylic acids is 2. The Morgan fingerprint density at radius 3 is 2.19 bits per heavy atom. The molecule has 1 aromatic heterocycles. The zero-order valence-corrected chi connectivity index (χ0v) is 25.6. The topological polar surface area (TPSA) is 140 Å². The number of rotatable bonds is 15. The Bertz CT molecular complexity index is 1530. The number of fused-ring (bicyclic) bond motifs is 2. The minimum absolute atomic E-state index is 0.0279. The van der Waals surface area contributed by atoms with Gasteiger partial charge in [-0.3, -0.25) is 19.2 Å². The number of benzene rings is 2. The molecular formula is C32H37NO9S. The second kappa shape index (κ2) is 13.9. The summed E-state index contributed by atoms with van der Waals surface area (Å²) in [5.41, 5.74) is 3.09. The maximum atomic E-state index is 12.7. The quantitative estimate of drug-likeness (QED) is 0.167. The molecule has 0 fully saturated rings. The van der Waals surface area contributed by atoms with Crippen LogP contribution in [0.25, 0.3) is 10.1 Å². The summed E-state index contributed by atoms with van der Waals surface area (Å²) in [5.74, 6) is -1.89. The molecule has 2 atom stereocenters. The lowest BCUT2D eigenvalue weighted by Crippen LogP contribution is -2.28. The Morgan fingerprint density at radius 1 is 0.860 bits per heavy atom. The van der Waals surface area contributed by atoms with Crippen molar-refractivity contribution in [3.05, 3.63) is 51.9 Å². The van der Waals surface area contributed by atoms with E-state index in [1.807, 2.05) is 12.1 Å². The Labute approximate surface area is 254 Å². The van der Waals surface area contributed by atoms with Crippen LogP contribution in [0.3, 0.4) is 0 Å². The van der Waals surface area contributed by atoms with Crippen LogP contribution in [-0.2, 0) is 33.9 Å². The monoisotopic (exact) mass is 611 g/mol. The molecule has 0 radical (unpaired) electrons. The lowest BCUT2D eigenvalue weighted by atomic mass is 10.0. The molecule has 0 unspecified atom stereocenters. The summed E-state index contributed by atoms with van der Waals surface area (Å²) < 4.78 is 18.0. The average Bonchev–Trinajstić information content (AvgIpc) is 3.60. The molecule has 11 heteroatoms. The van der Waals surface area contributed by atoms with Crippen molar-refractivity contribution in [2.75, 3.05) is 20.8 Å². The standard InChI is InChI=1S/C32H37NO9S/c1-18(31(36)37)9-25(34)29-15-24-27(13-23(40-3)14-28(24)43-29)42-8-6-5-7-20-11-21-16-33(17-22(21)12-26(20)41-4)30(35)10-19(2)32(38)39/h11-15,18-19H,5-10,16-17H2,1-4H3,(H,36,37)(H,38,39)/t18-,19-/m0/s1. The number of unbranched alkanes of at least 4 members (excludes halogenated alkanes) is 1. The SMILES string of the molecule is COc1cc(OCCCCc2cc3c(cc2OC)CN(C(=O)C[C@H](C)C(=O)O)C3)c2cc(C(=O)C[C@H](C)C(=O)O)sc2c1. The zero-order chi connectivity index (χ0) is 31.3. The highest BCUT2D eigenvalue weighted by molar-refractivity contribution is 7.20. The molecular weight excluding hydrogens is 574 g/mol. The fraction of sp³-hybridized carbons (Fsp3) is 0.438. The first-order valence-corrected chi connectivity index (χ1v) is 15.0. The number of aryl methyl sites for hydroxylation is 1. The fourth-order valence-corrected chi connectivity index (χ4v) is 6.10. The van der Waals surface area contributed by atoms with E-state index in [4.69, 9.17) is 24.4 Å². The third-order valence-electron chi connectivity index (χ3n) is 7.67. The van der Waals surface area contributed by atoms with Crippen LogP contribution in [0.4, 0.5) is 0 Å². The minimum Gasteiger partial charge on any atom is -0.497 e. The van der Waals surface area contributed by atoms with Crippen molar-refractivity contribution in [2.45, 2.75) is 59.0 Å². The normalized spacial score (nSPS) is 13.8. The van der Waals surface area contributed by atoms with Gasteiger partial charge in [0.2, 0.25) is 5.91 Å². The van der Waals surface area contributed by atoms with Gasteiger partial charge in [-0.1, -0.05) is 13.8 Å². The van der Waals surface area contributed by atoms with E-state index in [0.717, 1.165) is 51.8 Å². The molecule has 1 aliphatic rings. The predicted molar refractivity (Wildman–Crippen MR) is 161 cm³/mol. The van der Waals surface area contributed by atoms with E-state index in [9.17, 15) is 19.2 Å². The molecule has 2 N–H and O–H groups in total. The van der Waals surface area contributed by atoms with E-state index in [1.165, 1.54) is 25.2 Å². The van der Waals surface area contributed by atoms with Gasteiger partial charge < -0.3 is 29.3 Å². The highest BCUT2D eigenvalue weighted by Crippen LogP contribution is 2.38. The van der Waals surface area contributed by atoms with Crippen LogP contribution < -0.4 is 14.2 Å². The zero-order valence-electron chi connectivity index (χ0n) is 24.8. The number of hydrogen-bond donors (Lipinski definition) is 2. The maximum Gasteiger partial charge on any atom is 0.306 e. The van der Waals surface area contributed by atoms with Crippen molar-refractivity contribution < 1.29 is 43.6 Å². The van der Waals surface area contributed by atoms with E-state index < -0.39 is 23.8 Å². The fourth-order valence-electron chi connectivity index (χ4n) is 5.04. The van der Waals surface area contributed by atoms with Crippen LogP contribution in [0.5, 0.6) is 17.2 Å². The van der Waals surface area contributed by atoms with Gasteiger partial charge in [0, 0.05) is 42.1 Å². The molecule has 43 heavy (non-hydrogen) atoms. The molecule has 10 nitrogen and oxygen atoms in total. The van der Waals surface area contributed by atoms with E-state index in [-0.39, 0.29) is 24.5 Å². The number of amides is 1. The lowest BCUT2D eigenvalue weighted by Gasteiger charge is -2.16. The van der Waals surface area contributed by atoms with Crippen LogP contribution in [0, 0.1) is 11.8 Å². The molecule has 1 aliphatic heterocycles. The molecule has 3 aromatic rings. The molecule has 0 bridgehead atoms. The van der Waals surface area contributed by atoms with Crippen LogP contribution in [0.15, 0.2) is 30.3 Å². The predicted octanol–water partition coefficient (Wildman–Crippen LogP) is 5.57. The number of carboxylic acid groups (broad SMARTS) is 2. The van der Waals surface area contributed by atoms with Crippen LogP contribution >= 0.6 is 11.3 Å². The molecule has 0 saturated heterocycles. The number of Topliss-reactive ketones (excluding diaryl/α,β-unsaturated/α-hetero) is 1. The number of hydrogen-bond acceptors (Lipinski definition) is 8. The number of ketones is 1. The van der Waals surface area contributed by atoms with E-state index in [0.29, 0.717) is 36.1 Å². The number of thiophene rings is 1. The first-order valence-electron chi connectivity index (χ1n) is 14.2. The Morgan fingerprint density at radius 2 is 1.53 bits per heavy atom. The molecule has 4 rings (SSSR count). The molecule has 2 aromatic carbocycles. The van der Waals surface area contributed by atoms with E-state index >= 15 is 0 Å². The summed E-state index contributed by atoms with van der Waals surface area (Å²) in [6.45, 7) is 4.38. The van der Waals surface area contributed by atoms with Crippen molar-refractivity contribution in [1.82, 2.24) is 4.90 Å². The number of methoxy groups -OCH3 is 2. The molecule has 0 saturated carbocycles. The highest BCUT2D eigenvalue weighted by Gasteiger charge is 2.27. The van der Waals surface area contributed by atoms with Crippen molar-refractivity contribution in [3.63, 3.8) is 0 Å². The summed E-state index contributed by atoms with van der Waals surface area (Å²) in [5, 5.41) is 19.1. The van der Waals surface area contributed by atoms with Gasteiger partial charge in [0.05, 0.1) is 37.5 Å². The van der Waals surface area contributed by atoms with Gasteiger partial charge in [-0.25, -0.2) is 0 Å². The molecule has 0 spiro atoms. The van der Waals surface area contributed by atoms with Crippen molar-refractivity contribution in [3.8, 4) is 17.2 Å². The van der Waals surface area contributed by atoms with Crippen LogP contribution in [-0.4, -0.2) is 59.6 Å². The third kappa shape index (κ3) is 7.64. The maximum absolute atomic E-state index is 12.7. The number of carboxylic acids is 2. The van der Waals surface area contributed by atoms with Crippen LogP contribution in [0.2, 0.25) is 0 Å². The second-order valence-corrected chi connectivity index (χ2v) is 12.0. The molecule has 1 amide bonds. The summed E-state index contributed by atoms with van der Waals surface area (Å²) in [4.78, 5) is 49.8.